The van der Waals surface area contributed by atoms with Gasteiger partial charge in [0.25, 0.3) is 5.91 Å². The molecule has 1 aliphatic rings. The van der Waals surface area contributed by atoms with Crippen LogP contribution in [0.5, 0.6) is 11.5 Å². The molecule has 2 aromatic carbocycles. The number of carbonyl (C=O) groups excluding carboxylic acids is 2. The molecule has 2 amide bonds. The third kappa shape index (κ3) is 8.30. The Morgan fingerprint density at radius 2 is 1.82 bits per heavy atom. The zero-order valence-corrected chi connectivity index (χ0v) is 21.6. The first-order chi connectivity index (χ1) is 18.7. The third-order valence-corrected chi connectivity index (χ3v) is 6.27. The number of rotatable bonds is 9. The van der Waals surface area contributed by atoms with E-state index in [0.717, 1.165) is 31.8 Å². The number of hydrogen-bond acceptors (Lipinski definition) is 5. The molecular weight excluding hydrogens is 533 g/mol. The molecule has 1 fully saturated rings. The molecule has 7 nitrogen and oxygen atoms in total. The number of ether oxygens (including phenoxy) is 1. The molecule has 11 heteroatoms. The van der Waals surface area contributed by atoms with E-state index in [1.54, 1.807) is 36.4 Å². The number of hydrogen-bond donors (Lipinski definition) is 2. The highest BCUT2D eigenvalue weighted by atomic mass is 35.5. The van der Waals surface area contributed by atoms with Gasteiger partial charge in [-0.05, 0) is 74.0 Å². The molecule has 1 aliphatic heterocycles. The fourth-order valence-corrected chi connectivity index (χ4v) is 4.24. The first-order valence-electron chi connectivity index (χ1n) is 12.3. The van der Waals surface area contributed by atoms with Crippen molar-refractivity contribution in [1.82, 2.24) is 15.2 Å². The molecule has 0 unspecified atom stereocenters. The fourth-order valence-electron chi connectivity index (χ4n) is 4.02. The second-order valence-corrected chi connectivity index (χ2v) is 9.28. The van der Waals surface area contributed by atoms with E-state index in [1.165, 1.54) is 37.3 Å². The zero-order valence-electron chi connectivity index (χ0n) is 20.8. The summed E-state index contributed by atoms with van der Waals surface area (Å²) in [6.45, 7) is 3.45. The van der Waals surface area contributed by atoms with Crippen LogP contribution in [0, 0.1) is 0 Å². The van der Waals surface area contributed by atoms with E-state index in [2.05, 4.69) is 20.5 Å². The number of likely N-dealkylation sites (tertiary alicyclic amines) is 1. The van der Waals surface area contributed by atoms with Gasteiger partial charge in [0.1, 0.15) is 17.2 Å². The molecule has 4 rings (SSSR count). The minimum atomic E-state index is -4.64. The van der Waals surface area contributed by atoms with Gasteiger partial charge in [-0.3, -0.25) is 14.6 Å². The summed E-state index contributed by atoms with van der Waals surface area (Å²) in [5.74, 6) is -0.0369. The van der Waals surface area contributed by atoms with E-state index in [9.17, 15) is 22.8 Å². The Kier molecular flexibility index (Phi) is 9.21. The van der Waals surface area contributed by atoms with Crippen molar-refractivity contribution in [2.24, 2.45) is 0 Å². The molecule has 39 heavy (non-hydrogen) atoms. The monoisotopic (exact) mass is 558 g/mol. The van der Waals surface area contributed by atoms with Gasteiger partial charge in [-0.15, -0.1) is 0 Å². The third-order valence-electron chi connectivity index (χ3n) is 5.94. The summed E-state index contributed by atoms with van der Waals surface area (Å²) in [6, 6.07) is 13.1. The maximum Gasteiger partial charge on any atom is 0.417 e. The van der Waals surface area contributed by atoms with Gasteiger partial charge >= 0.3 is 6.18 Å². The van der Waals surface area contributed by atoms with E-state index in [-0.39, 0.29) is 17.3 Å². The lowest BCUT2D eigenvalue weighted by molar-refractivity contribution is -0.137. The molecule has 0 radical (unpaired) electrons. The number of halogens is 4. The quantitative estimate of drug-likeness (QED) is 0.314. The largest absolute Gasteiger partial charge is 0.457 e. The summed E-state index contributed by atoms with van der Waals surface area (Å²) in [5, 5.41) is 4.81. The summed E-state index contributed by atoms with van der Waals surface area (Å²) < 4.78 is 45.0. The summed E-state index contributed by atoms with van der Waals surface area (Å²) in [5.41, 5.74) is -0.220. The Morgan fingerprint density at radius 3 is 2.59 bits per heavy atom. The maximum atomic E-state index is 13.0. The molecule has 3 aromatic rings. The molecule has 2 N–H and O–H groups in total. The first-order valence-corrected chi connectivity index (χ1v) is 12.7. The molecule has 0 saturated carbocycles. The van der Waals surface area contributed by atoms with Gasteiger partial charge in [0.15, 0.2) is 0 Å². The Labute approximate surface area is 228 Å². The number of aromatic nitrogens is 1. The minimum absolute atomic E-state index is 0.0352. The van der Waals surface area contributed by atoms with E-state index in [4.69, 9.17) is 16.3 Å². The van der Waals surface area contributed by atoms with Crippen molar-refractivity contribution in [1.29, 1.82) is 0 Å². The van der Waals surface area contributed by atoms with Gasteiger partial charge in [-0.2, -0.15) is 13.2 Å². The average Bonchev–Trinajstić information content (AvgIpc) is 3.42. The summed E-state index contributed by atoms with van der Waals surface area (Å²) in [6.07, 6.45) is 1.91. The van der Waals surface area contributed by atoms with E-state index >= 15 is 0 Å². The summed E-state index contributed by atoms with van der Waals surface area (Å²) in [4.78, 5) is 31.2. The minimum Gasteiger partial charge on any atom is -0.457 e. The number of nitrogens with one attached hydrogen (secondary N) is 2. The number of nitrogens with zero attached hydrogens (tertiary/aromatic N) is 2. The molecule has 0 aliphatic carbocycles. The van der Waals surface area contributed by atoms with Crippen LogP contribution in [0.4, 0.5) is 18.9 Å². The average molecular weight is 559 g/mol. The fraction of sp³-hybridized carbons (Fsp3) is 0.250. The highest BCUT2D eigenvalue weighted by Gasteiger charge is 2.33. The maximum absolute atomic E-state index is 13.0. The van der Waals surface area contributed by atoms with E-state index in [1.807, 2.05) is 0 Å². The second-order valence-electron chi connectivity index (χ2n) is 8.87. The smallest absolute Gasteiger partial charge is 0.417 e. The molecule has 2 heterocycles. The van der Waals surface area contributed by atoms with Gasteiger partial charge < -0.3 is 20.3 Å². The molecule has 1 aromatic heterocycles. The highest BCUT2D eigenvalue weighted by molar-refractivity contribution is 6.31. The second kappa shape index (κ2) is 12.8. The Bertz CT molecular complexity index is 1360. The van der Waals surface area contributed by atoms with Crippen molar-refractivity contribution < 1.29 is 27.5 Å². The van der Waals surface area contributed by atoms with Crippen molar-refractivity contribution in [2.75, 3.05) is 31.5 Å². The van der Waals surface area contributed by atoms with Gasteiger partial charge in [-0.1, -0.05) is 23.7 Å². The number of anilines is 1. The van der Waals surface area contributed by atoms with Crippen LogP contribution in [-0.2, 0) is 11.0 Å². The van der Waals surface area contributed by atoms with Crippen LogP contribution < -0.4 is 15.4 Å². The van der Waals surface area contributed by atoms with Crippen LogP contribution >= 0.6 is 11.6 Å². The molecule has 0 bridgehead atoms. The summed E-state index contributed by atoms with van der Waals surface area (Å²) >= 11 is 5.61. The van der Waals surface area contributed by atoms with Crippen molar-refractivity contribution in [3.8, 4) is 11.5 Å². The SMILES string of the molecule is O=C(/C=C/c1cccc(Oc2ccnc(C(=O)NCCN3CCCC3)c2)c1)Nc1ccc(Cl)c(C(F)(F)F)c1. The Hall–Kier alpha value is -3.89. The number of alkyl halides is 3. The van der Waals surface area contributed by atoms with E-state index in [0.29, 0.717) is 23.6 Å². The van der Waals surface area contributed by atoms with Crippen LogP contribution in [0.2, 0.25) is 5.02 Å². The summed E-state index contributed by atoms with van der Waals surface area (Å²) in [7, 11) is 0. The van der Waals surface area contributed by atoms with E-state index < -0.39 is 22.7 Å². The lowest BCUT2D eigenvalue weighted by atomic mass is 10.2. The van der Waals surface area contributed by atoms with Crippen LogP contribution in [-0.4, -0.2) is 47.9 Å². The number of pyridine rings is 1. The topological polar surface area (TPSA) is 83.6 Å². The Morgan fingerprint density at radius 1 is 1.05 bits per heavy atom. The van der Waals surface area contributed by atoms with Crippen LogP contribution in [0.3, 0.4) is 0 Å². The van der Waals surface area contributed by atoms with Gasteiger partial charge in [-0.25, -0.2) is 0 Å². The lowest BCUT2D eigenvalue weighted by Gasteiger charge is -2.14. The number of amides is 2. The highest BCUT2D eigenvalue weighted by Crippen LogP contribution is 2.36. The van der Waals surface area contributed by atoms with Crippen molar-refractivity contribution in [3.05, 3.63) is 88.7 Å². The van der Waals surface area contributed by atoms with Gasteiger partial charge in [0, 0.05) is 37.1 Å². The van der Waals surface area contributed by atoms with Crippen molar-refractivity contribution >= 4 is 35.2 Å². The van der Waals surface area contributed by atoms with Crippen molar-refractivity contribution in [3.63, 3.8) is 0 Å². The predicted molar refractivity (Wildman–Crippen MR) is 143 cm³/mol. The molecule has 1 saturated heterocycles. The number of benzene rings is 2. The van der Waals surface area contributed by atoms with Crippen LogP contribution in [0.1, 0.15) is 34.5 Å². The predicted octanol–water partition coefficient (Wildman–Crippen LogP) is 6.02. The Balaban J connectivity index is 1.34. The standard InChI is InChI=1S/C28H26ClF3N4O3/c29-24-8-7-20(17-23(24)28(30,31)32)35-26(37)9-6-19-4-3-5-21(16-19)39-22-10-11-33-25(18-22)27(38)34-12-15-36-13-1-2-14-36/h3-11,16-18H,1-2,12-15H2,(H,34,38)(H,35,37)/b9-6+. The molecule has 204 valence electrons. The molecule has 0 spiro atoms. The zero-order chi connectivity index (χ0) is 27.8. The lowest BCUT2D eigenvalue weighted by Crippen LogP contribution is -2.33. The van der Waals surface area contributed by atoms with Gasteiger partial charge in [0.05, 0.1) is 10.6 Å². The number of carbonyl (C=O) groups is 2. The van der Waals surface area contributed by atoms with Crippen molar-refractivity contribution in [2.45, 2.75) is 19.0 Å². The normalized spacial score (nSPS) is 13.9. The first kappa shape index (κ1) is 28.1. The molecular formula is C28H26ClF3N4O3. The molecule has 0 atom stereocenters. The van der Waals surface area contributed by atoms with Crippen LogP contribution in [0.15, 0.2) is 66.9 Å². The van der Waals surface area contributed by atoms with Gasteiger partial charge in [0.2, 0.25) is 5.91 Å². The van der Waals surface area contributed by atoms with Crippen LogP contribution in [0.25, 0.3) is 6.08 Å².